The van der Waals surface area contributed by atoms with Gasteiger partial charge in [-0.1, -0.05) is 23.2 Å². The minimum Gasteiger partial charge on any atom is -0.504 e. The Hall–Kier alpha value is -2.37. The number of rotatable bonds is 1. The van der Waals surface area contributed by atoms with Crippen molar-refractivity contribution in [2.45, 2.75) is 0 Å². The first-order chi connectivity index (χ1) is 10.4. The SMILES string of the molecule is O=c1cc(-c2ccc(Cl)cc2Cl)oc2cc(O)c(O)c(O)c12. The van der Waals surface area contributed by atoms with Crippen LogP contribution in [0.3, 0.4) is 0 Å². The zero-order chi connectivity index (χ0) is 16.0. The zero-order valence-electron chi connectivity index (χ0n) is 10.8. The molecule has 7 heteroatoms. The molecule has 22 heavy (non-hydrogen) atoms. The standard InChI is InChI=1S/C15H8Cl2O5/c16-6-1-2-7(8(17)3-6)11-4-9(18)13-12(22-11)5-10(19)14(20)15(13)21/h1-5,19-21H. The largest absolute Gasteiger partial charge is 0.504 e. The molecular weight excluding hydrogens is 331 g/mol. The first kappa shape index (κ1) is 14.6. The number of phenolic OH excluding ortho intramolecular Hbond substituents is 3. The summed E-state index contributed by atoms with van der Waals surface area (Å²) in [6, 6.07) is 6.83. The molecule has 3 rings (SSSR count). The quantitative estimate of drug-likeness (QED) is 0.585. The first-order valence-corrected chi connectivity index (χ1v) is 6.81. The van der Waals surface area contributed by atoms with Crippen LogP contribution in [0.1, 0.15) is 0 Å². The van der Waals surface area contributed by atoms with Crippen LogP contribution in [0.25, 0.3) is 22.3 Å². The molecule has 0 atom stereocenters. The fourth-order valence-electron chi connectivity index (χ4n) is 2.10. The van der Waals surface area contributed by atoms with Crippen LogP contribution >= 0.6 is 23.2 Å². The number of halogens is 2. The normalized spacial score (nSPS) is 11.0. The van der Waals surface area contributed by atoms with E-state index in [0.29, 0.717) is 10.6 Å². The van der Waals surface area contributed by atoms with E-state index < -0.39 is 22.7 Å². The summed E-state index contributed by atoms with van der Waals surface area (Å²) in [5.41, 5.74) is -0.242. The van der Waals surface area contributed by atoms with Gasteiger partial charge in [0.2, 0.25) is 5.75 Å². The molecule has 0 spiro atoms. The molecule has 112 valence electrons. The highest BCUT2D eigenvalue weighted by Gasteiger charge is 2.18. The lowest BCUT2D eigenvalue weighted by Gasteiger charge is -2.08. The number of phenols is 3. The van der Waals surface area contributed by atoms with Crippen molar-refractivity contribution in [3.05, 3.63) is 50.6 Å². The van der Waals surface area contributed by atoms with Gasteiger partial charge >= 0.3 is 0 Å². The van der Waals surface area contributed by atoms with Crippen molar-refractivity contribution in [2.24, 2.45) is 0 Å². The second-order valence-electron chi connectivity index (χ2n) is 4.57. The van der Waals surface area contributed by atoms with E-state index >= 15 is 0 Å². The summed E-state index contributed by atoms with van der Waals surface area (Å²) in [5.74, 6) is -1.98. The third-order valence-corrected chi connectivity index (χ3v) is 3.69. The topological polar surface area (TPSA) is 90.9 Å². The van der Waals surface area contributed by atoms with Gasteiger partial charge in [-0.2, -0.15) is 0 Å². The third kappa shape index (κ3) is 2.24. The molecule has 0 amide bonds. The lowest BCUT2D eigenvalue weighted by Crippen LogP contribution is -2.01. The van der Waals surface area contributed by atoms with Gasteiger partial charge in [-0.3, -0.25) is 4.79 Å². The Balaban J connectivity index is 2.34. The molecular formula is C15H8Cl2O5. The molecule has 0 aliphatic carbocycles. The maximum Gasteiger partial charge on any atom is 0.201 e. The average Bonchev–Trinajstić information content (AvgIpc) is 2.44. The summed E-state index contributed by atoms with van der Waals surface area (Å²) in [7, 11) is 0. The van der Waals surface area contributed by atoms with Crippen LogP contribution in [0.15, 0.2) is 39.5 Å². The van der Waals surface area contributed by atoms with Gasteiger partial charge in [0.1, 0.15) is 16.7 Å². The Morgan fingerprint density at radius 3 is 2.36 bits per heavy atom. The van der Waals surface area contributed by atoms with Gasteiger partial charge < -0.3 is 19.7 Å². The second-order valence-corrected chi connectivity index (χ2v) is 5.41. The van der Waals surface area contributed by atoms with E-state index in [1.54, 1.807) is 12.1 Å². The van der Waals surface area contributed by atoms with E-state index in [1.165, 1.54) is 6.07 Å². The molecule has 1 aromatic heterocycles. The van der Waals surface area contributed by atoms with Crippen molar-refractivity contribution < 1.29 is 19.7 Å². The third-order valence-electron chi connectivity index (χ3n) is 3.14. The summed E-state index contributed by atoms with van der Waals surface area (Å²) in [6.45, 7) is 0. The van der Waals surface area contributed by atoms with Gasteiger partial charge in [0.05, 0.1) is 5.02 Å². The monoisotopic (exact) mass is 338 g/mol. The van der Waals surface area contributed by atoms with E-state index in [2.05, 4.69) is 0 Å². The Kier molecular flexibility index (Phi) is 3.39. The smallest absolute Gasteiger partial charge is 0.201 e. The van der Waals surface area contributed by atoms with Crippen molar-refractivity contribution >= 4 is 34.2 Å². The van der Waals surface area contributed by atoms with E-state index in [-0.39, 0.29) is 21.8 Å². The molecule has 0 bridgehead atoms. The predicted octanol–water partition coefficient (Wildman–Crippen LogP) is 3.88. The fraction of sp³-hybridized carbons (Fsp3) is 0. The Morgan fingerprint density at radius 2 is 1.68 bits per heavy atom. The van der Waals surface area contributed by atoms with Crippen LogP contribution < -0.4 is 5.43 Å². The summed E-state index contributed by atoms with van der Waals surface area (Å²) in [4.78, 5) is 12.2. The van der Waals surface area contributed by atoms with E-state index in [9.17, 15) is 20.1 Å². The van der Waals surface area contributed by atoms with Crippen molar-refractivity contribution in [3.8, 4) is 28.6 Å². The minimum absolute atomic E-state index is 0.0821. The molecule has 3 aromatic rings. The molecule has 0 radical (unpaired) electrons. The van der Waals surface area contributed by atoms with Gasteiger partial charge in [-0.15, -0.1) is 0 Å². The molecule has 0 saturated heterocycles. The summed E-state index contributed by atoms with van der Waals surface area (Å²) >= 11 is 11.9. The van der Waals surface area contributed by atoms with Crippen molar-refractivity contribution in [3.63, 3.8) is 0 Å². The predicted molar refractivity (Wildman–Crippen MR) is 82.9 cm³/mol. The van der Waals surface area contributed by atoms with Crippen LogP contribution in [-0.4, -0.2) is 15.3 Å². The molecule has 1 heterocycles. The van der Waals surface area contributed by atoms with Crippen LogP contribution in [0, 0.1) is 0 Å². The van der Waals surface area contributed by atoms with Gasteiger partial charge in [-0.25, -0.2) is 0 Å². The summed E-state index contributed by atoms with van der Waals surface area (Å²) < 4.78 is 5.51. The highest BCUT2D eigenvalue weighted by molar-refractivity contribution is 6.36. The molecule has 0 aliphatic rings. The van der Waals surface area contributed by atoms with Crippen LogP contribution in [-0.2, 0) is 0 Å². The van der Waals surface area contributed by atoms with Crippen molar-refractivity contribution in [2.75, 3.05) is 0 Å². The first-order valence-electron chi connectivity index (χ1n) is 6.05. The van der Waals surface area contributed by atoms with Crippen LogP contribution in [0.5, 0.6) is 17.2 Å². The molecule has 0 aliphatic heterocycles. The number of hydrogen-bond donors (Lipinski definition) is 3. The highest BCUT2D eigenvalue weighted by atomic mass is 35.5. The Bertz CT molecular complexity index is 962. The second kappa shape index (κ2) is 5.12. The molecule has 0 fully saturated rings. The number of hydrogen-bond acceptors (Lipinski definition) is 5. The van der Waals surface area contributed by atoms with Gasteiger partial charge in [0.25, 0.3) is 0 Å². The minimum atomic E-state index is -0.780. The lowest BCUT2D eigenvalue weighted by molar-refractivity contribution is 0.370. The van der Waals surface area contributed by atoms with Gasteiger partial charge in [0, 0.05) is 22.7 Å². The van der Waals surface area contributed by atoms with Crippen molar-refractivity contribution in [1.82, 2.24) is 0 Å². The summed E-state index contributed by atoms with van der Waals surface area (Å²) in [5, 5.41) is 29.2. The number of fused-ring (bicyclic) bond motifs is 1. The lowest BCUT2D eigenvalue weighted by atomic mass is 10.1. The van der Waals surface area contributed by atoms with E-state index in [4.69, 9.17) is 27.6 Å². The Labute approximate surface area is 133 Å². The van der Waals surface area contributed by atoms with Gasteiger partial charge in [0.15, 0.2) is 16.9 Å². The van der Waals surface area contributed by atoms with E-state index in [1.807, 2.05) is 0 Å². The fourth-order valence-corrected chi connectivity index (χ4v) is 2.60. The zero-order valence-corrected chi connectivity index (χ0v) is 12.3. The summed E-state index contributed by atoms with van der Waals surface area (Å²) in [6.07, 6.45) is 0. The van der Waals surface area contributed by atoms with Crippen LogP contribution in [0.2, 0.25) is 10.0 Å². The maximum absolute atomic E-state index is 12.2. The molecule has 0 saturated carbocycles. The maximum atomic E-state index is 12.2. The number of aromatic hydroxyl groups is 3. The Morgan fingerprint density at radius 1 is 0.955 bits per heavy atom. The van der Waals surface area contributed by atoms with Gasteiger partial charge in [-0.05, 0) is 18.2 Å². The molecule has 3 N–H and O–H groups in total. The molecule has 2 aromatic carbocycles. The number of benzene rings is 2. The highest BCUT2D eigenvalue weighted by Crippen LogP contribution is 2.41. The van der Waals surface area contributed by atoms with E-state index in [0.717, 1.165) is 12.1 Å². The molecule has 5 nitrogen and oxygen atoms in total. The average molecular weight is 339 g/mol. The van der Waals surface area contributed by atoms with Crippen molar-refractivity contribution in [1.29, 1.82) is 0 Å². The van der Waals surface area contributed by atoms with Crippen LogP contribution in [0.4, 0.5) is 0 Å². The molecule has 0 unspecified atom stereocenters.